The monoisotopic (exact) mass is 241 g/mol. The number of rotatable bonds is 3. The van der Waals surface area contributed by atoms with Crippen LogP contribution in [0.15, 0.2) is 18.5 Å². The number of halogens is 3. The number of hydrogen-bond donors (Lipinski definition) is 0. The number of hydrogen-bond acceptors (Lipinski definition) is 2. The fourth-order valence-corrected chi connectivity index (χ4v) is 1.61. The van der Waals surface area contributed by atoms with E-state index in [2.05, 4.69) is 10.2 Å². The van der Waals surface area contributed by atoms with Crippen molar-refractivity contribution >= 4 is 0 Å². The Bertz CT molecular complexity index is 514. The van der Waals surface area contributed by atoms with Gasteiger partial charge in [-0.3, -0.25) is 0 Å². The van der Waals surface area contributed by atoms with Gasteiger partial charge in [0.1, 0.15) is 23.8 Å². The van der Waals surface area contributed by atoms with Crippen LogP contribution in [0, 0.1) is 17.5 Å². The first kappa shape index (κ1) is 11.6. The number of aromatic nitrogens is 3. The summed E-state index contributed by atoms with van der Waals surface area (Å²) in [6.07, 6.45) is 2.16. The van der Waals surface area contributed by atoms with Crippen molar-refractivity contribution in [2.45, 2.75) is 19.9 Å². The average molecular weight is 241 g/mol. The predicted octanol–water partition coefficient (Wildman–Crippen LogP) is 2.77. The minimum absolute atomic E-state index is 0.0712. The lowest BCUT2D eigenvalue weighted by atomic mass is 10.1. The Morgan fingerprint density at radius 1 is 1.18 bits per heavy atom. The molecular weight excluding hydrogens is 231 g/mol. The lowest BCUT2D eigenvalue weighted by Gasteiger charge is -2.07. The standard InChI is InChI=1S/C11H10F3N3/c1-2-3-17-6-15-16-11(17)10-8(13)4-7(12)5-9(10)14/h4-6H,2-3H2,1H3. The highest BCUT2D eigenvalue weighted by Crippen LogP contribution is 2.25. The molecule has 1 aromatic carbocycles. The molecule has 0 atom stereocenters. The van der Waals surface area contributed by atoms with Crippen LogP contribution in [0.1, 0.15) is 13.3 Å². The molecule has 6 heteroatoms. The molecule has 0 aliphatic carbocycles. The van der Waals surface area contributed by atoms with E-state index in [-0.39, 0.29) is 11.4 Å². The van der Waals surface area contributed by atoms with Gasteiger partial charge in [-0.1, -0.05) is 6.92 Å². The Kier molecular flexibility index (Phi) is 3.12. The topological polar surface area (TPSA) is 30.7 Å². The van der Waals surface area contributed by atoms with E-state index in [1.165, 1.54) is 10.9 Å². The SMILES string of the molecule is CCCn1cnnc1-c1c(F)cc(F)cc1F. The minimum Gasteiger partial charge on any atom is -0.313 e. The summed E-state index contributed by atoms with van der Waals surface area (Å²) in [4.78, 5) is 0. The summed E-state index contributed by atoms with van der Waals surface area (Å²) in [6.45, 7) is 2.46. The third-order valence-electron chi connectivity index (χ3n) is 2.31. The zero-order valence-electron chi connectivity index (χ0n) is 9.12. The van der Waals surface area contributed by atoms with Gasteiger partial charge in [0.2, 0.25) is 0 Å². The quantitative estimate of drug-likeness (QED) is 0.827. The third-order valence-corrected chi connectivity index (χ3v) is 2.31. The van der Waals surface area contributed by atoms with Crippen molar-refractivity contribution in [3.63, 3.8) is 0 Å². The van der Waals surface area contributed by atoms with Gasteiger partial charge in [-0.05, 0) is 6.42 Å². The molecule has 0 aliphatic rings. The van der Waals surface area contributed by atoms with Crippen LogP contribution in [0.4, 0.5) is 13.2 Å². The van der Waals surface area contributed by atoms with Crippen LogP contribution in [0.25, 0.3) is 11.4 Å². The minimum atomic E-state index is -0.979. The summed E-state index contributed by atoms with van der Waals surface area (Å²) in [5.74, 6) is -2.84. The summed E-state index contributed by atoms with van der Waals surface area (Å²) >= 11 is 0. The molecule has 0 N–H and O–H groups in total. The van der Waals surface area contributed by atoms with Crippen LogP contribution < -0.4 is 0 Å². The van der Waals surface area contributed by atoms with Crippen LogP contribution in [0.3, 0.4) is 0 Å². The van der Waals surface area contributed by atoms with Gasteiger partial charge in [0.25, 0.3) is 0 Å². The summed E-state index contributed by atoms with van der Waals surface area (Å²) in [5, 5.41) is 7.27. The van der Waals surface area contributed by atoms with Crippen molar-refractivity contribution in [1.82, 2.24) is 14.8 Å². The molecule has 0 spiro atoms. The van der Waals surface area contributed by atoms with E-state index in [0.717, 1.165) is 6.42 Å². The van der Waals surface area contributed by atoms with Gasteiger partial charge >= 0.3 is 0 Å². The molecule has 90 valence electrons. The van der Waals surface area contributed by atoms with Gasteiger partial charge in [-0.2, -0.15) is 0 Å². The lowest BCUT2D eigenvalue weighted by molar-refractivity contribution is 0.544. The van der Waals surface area contributed by atoms with Crippen molar-refractivity contribution < 1.29 is 13.2 Å². The lowest BCUT2D eigenvalue weighted by Crippen LogP contribution is -2.02. The Balaban J connectivity index is 2.56. The zero-order valence-corrected chi connectivity index (χ0v) is 9.12. The summed E-state index contributed by atoms with van der Waals surface area (Å²) in [5.41, 5.74) is -0.350. The van der Waals surface area contributed by atoms with E-state index >= 15 is 0 Å². The molecule has 0 bridgehead atoms. The smallest absolute Gasteiger partial charge is 0.169 e. The summed E-state index contributed by atoms with van der Waals surface area (Å²) in [7, 11) is 0. The van der Waals surface area contributed by atoms with Gasteiger partial charge < -0.3 is 4.57 Å². The van der Waals surface area contributed by atoms with Gasteiger partial charge in [0.15, 0.2) is 5.82 Å². The molecule has 2 rings (SSSR count). The first-order valence-electron chi connectivity index (χ1n) is 5.16. The number of nitrogens with zero attached hydrogens (tertiary/aromatic N) is 3. The first-order chi connectivity index (χ1) is 8.13. The molecule has 0 radical (unpaired) electrons. The van der Waals surface area contributed by atoms with Crippen molar-refractivity contribution in [2.75, 3.05) is 0 Å². The highest BCUT2D eigenvalue weighted by atomic mass is 19.1. The summed E-state index contributed by atoms with van der Waals surface area (Å²) < 4.78 is 41.4. The van der Waals surface area contributed by atoms with Gasteiger partial charge in [0, 0.05) is 18.7 Å². The second-order valence-electron chi connectivity index (χ2n) is 3.59. The Labute approximate surface area is 95.9 Å². The fraction of sp³-hybridized carbons (Fsp3) is 0.273. The van der Waals surface area contributed by atoms with E-state index in [1.54, 1.807) is 0 Å². The van der Waals surface area contributed by atoms with E-state index in [9.17, 15) is 13.2 Å². The van der Waals surface area contributed by atoms with E-state index in [0.29, 0.717) is 18.7 Å². The number of benzene rings is 1. The van der Waals surface area contributed by atoms with Gasteiger partial charge in [-0.25, -0.2) is 13.2 Å². The van der Waals surface area contributed by atoms with Crippen molar-refractivity contribution in [3.8, 4) is 11.4 Å². The van der Waals surface area contributed by atoms with E-state index in [4.69, 9.17) is 0 Å². The Morgan fingerprint density at radius 2 is 1.82 bits per heavy atom. The normalized spacial score (nSPS) is 10.8. The molecule has 1 heterocycles. The molecular formula is C11H10F3N3. The maximum absolute atomic E-state index is 13.5. The molecule has 2 aromatic rings. The average Bonchev–Trinajstić information content (AvgIpc) is 2.65. The fourth-order valence-electron chi connectivity index (χ4n) is 1.61. The van der Waals surface area contributed by atoms with Crippen molar-refractivity contribution in [2.24, 2.45) is 0 Å². The second kappa shape index (κ2) is 4.57. The van der Waals surface area contributed by atoms with Crippen LogP contribution >= 0.6 is 0 Å². The molecule has 0 saturated heterocycles. The van der Waals surface area contributed by atoms with Crippen molar-refractivity contribution in [3.05, 3.63) is 35.9 Å². The Morgan fingerprint density at radius 3 is 2.41 bits per heavy atom. The van der Waals surface area contributed by atoms with Crippen LogP contribution in [0.2, 0.25) is 0 Å². The van der Waals surface area contributed by atoms with Gasteiger partial charge in [-0.15, -0.1) is 10.2 Å². The molecule has 17 heavy (non-hydrogen) atoms. The Hall–Kier alpha value is -1.85. The highest BCUT2D eigenvalue weighted by Gasteiger charge is 2.18. The van der Waals surface area contributed by atoms with Crippen molar-refractivity contribution in [1.29, 1.82) is 0 Å². The predicted molar refractivity (Wildman–Crippen MR) is 55.6 cm³/mol. The maximum Gasteiger partial charge on any atom is 0.169 e. The molecule has 3 nitrogen and oxygen atoms in total. The number of aryl methyl sites for hydroxylation is 1. The second-order valence-corrected chi connectivity index (χ2v) is 3.59. The van der Waals surface area contributed by atoms with E-state index in [1.807, 2.05) is 6.92 Å². The van der Waals surface area contributed by atoms with Crippen LogP contribution in [-0.2, 0) is 6.54 Å². The molecule has 0 amide bonds. The van der Waals surface area contributed by atoms with Gasteiger partial charge in [0.05, 0.1) is 5.56 Å². The molecule has 0 fully saturated rings. The molecule has 0 saturated carbocycles. The molecule has 1 aromatic heterocycles. The molecule has 0 aliphatic heterocycles. The summed E-state index contributed by atoms with van der Waals surface area (Å²) in [6, 6.07) is 1.26. The third kappa shape index (κ3) is 2.15. The molecule has 0 unspecified atom stereocenters. The maximum atomic E-state index is 13.5. The van der Waals surface area contributed by atoms with Crippen LogP contribution in [0.5, 0.6) is 0 Å². The largest absolute Gasteiger partial charge is 0.313 e. The van der Waals surface area contributed by atoms with Crippen LogP contribution in [-0.4, -0.2) is 14.8 Å². The first-order valence-corrected chi connectivity index (χ1v) is 5.16. The zero-order chi connectivity index (χ0) is 12.4. The highest BCUT2D eigenvalue weighted by molar-refractivity contribution is 5.56. The van der Waals surface area contributed by atoms with E-state index < -0.39 is 17.5 Å².